The molecule has 1 unspecified atom stereocenters. The van der Waals surface area contributed by atoms with Crippen molar-refractivity contribution in [3.05, 3.63) is 53.2 Å². The maximum atomic E-state index is 12.2. The molecule has 0 aliphatic carbocycles. The Labute approximate surface area is 166 Å². The Hall–Kier alpha value is -3.09. The Morgan fingerprint density at radius 1 is 1.11 bits per heavy atom. The molecule has 1 atom stereocenters. The summed E-state index contributed by atoms with van der Waals surface area (Å²) in [7, 11) is 0. The molecule has 7 heteroatoms. The molecule has 0 saturated heterocycles. The van der Waals surface area contributed by atoms with Crippen LogP contribution in [0.4, 0.5) is 5.82 Å². The summed E-state index contributed by atoms with van der Waals surface area (Å²) in [6.07, 6.45) is 0.731. The predicted molar refractivity (Wildman–Crippen MR) is 109 cm³/mol. The van der Waals surface area contributed by atoms with E-state index < -0.39 is 17.9 Å². The number of hydrogen-bond acceptors (Lipinski definition) is 5. The highest BCUT2D eigenvalue weighted by molar-refractivity contribution is 5.95. The van der Waals surface area contributed by atoms with Gasteiger partial charge in [0.1, 0.15) is 11.6 Å². The molecule has 2 aromatic rings. The first-order valence-electron chi connectivity index (χ1n) is 9.41. The molecule has 7 nitrogen and oxygen atoms in total. The van der Waals surface area contributed by atoms with Crippen LogP contribution in [-0.4, -0.2) is 36.0 Å². The summed E-state index contributed by atoms with van der Waals surface area (Å²) < 4.78 is 5.71. The van der Waals surface area contributed by atoms with Crippen molar-refractivity contribution in [2.45, 2.75) is 40.7 Å². The Bertz CT molecular complexity index is 817. The Balaban J connectivity index is 1.91. The van der Waals surface area contributed by atoms with Gasteiger partial charge in [-0.25, -0.2) is 4.98 Å². The van der Waals surface area contributed by atoms with Gasteiger partial charge in [0, 0.05) is 19.3 Å². The van der Waals surface area contributed by atoms with E-state index in [9.17, 15) is 9.59 Å². The Kier molecular flexibility index (Phi) is 7.37. The molecular weight excluding hydrogens is 356 g/mol. The van der Waals surface area contributed by atoms with Crippen LogP contribution in [0.25, 0.3) is 0 Å². The summed E-state index contributed by atoms with van der Waals surface area (Å²) in [4.78, 5) is 30.8. The average Bonchev–Trinajstić information content (AvgIpc) is 2.70. The molecule has 0 fully saturated rings. The van der Waals surface area contributed by atoms with Crippen LogP contribution < -0.4 is 20.5 Å². The van der Waals surface area contributed by atoms with Gasteiger partial charge in [0.05, 0.1) is 5.56 Å². The van der Waals surface area contributed by atoms with E-state index in [0.29, 0.717) is 11.3 Å². The number of rotatable bonds is 7. The third-order valence-corrected chi connectivity index (χ3v) is 4.62. The molecule has 0 radical (unpaired) electrons. The Morgan fingerprint density at radius 2 is 1.82 bits per heavy atom. The zero-order valence-corrected chi connectivity index (χ0v) is 17.1. The third kappa shape index (κ3) is 5.22. The van der Waals surface area contributed by atoms with Crippen molar-refractivity contribution < 1.29 is 14.3 Å². The zero-order valence-electron chi connectivity index (χ0n) is 17.1. The molecular formula is C21H28N4O3. The van der Waals surface area contributed by atoms with E-state index in [1.165, 1.54) is 6.20 Å². The molecule has 0 spiro atoms. The molecule has 1 heterocycles. The highest BCUT2D eigenvalue weighted by Crippen LogP contribution is 2.21. The largest absolute Gasteiger partial charge is 0.481 e. The van der Waals surface area contributed by atoms with E-state index in [2.05, 4.69) is 20.7 Å². The lowest BCUT2D eigenvalue weighted by molar-refractivity contribution is -0.128. The summed E-state index contributed by atoms with van der Waals surface area (Å²) >= 11 is 0. The van der Waals surface area contributed by atoms with Gasteiger partial charge in [-0.1, -0.05) is 12.1 Å². The summed E-state index contributed by atoms with van der Waals surface area (Å²) in [6.45, 7) is 11.3. The fourth-order valence-electron chi connectivity index (χ4n) is 2.64. The summed E-state index contributed by atoms with van der Waals surface area (Å²) in [5.74, 6) is 0.569. The maximum Gasteiger partial charge on any atom is 0.279 e. The number of hydrogen-bond donors (Lipinski definition) is 2. The SMILES string of the molecule is CCN(CC)c1ccc(C(=O)NNC(=O)C(C)Oc2cccc(C)c2C)cn1. The summed E-state index contributed by atoms with van der Waals surface area (Å²) in [6, 6.07) is 9.13. The standard InChI is InChI=1S/C21H28N4O3/c1-6-25(7-2)19-12-11-17(13-22-19)21(27)24-23-20(26)16(5)28-18-10-8-9-14(3)15(18)4/h8-13,16H,6-7H2,1-5H3,(H,23,26)(H,24,27). The fraction of sp³-hybridized carbons (Fsp3) is 0.381. The molecule has 0 saturated carbocycles. The third-order valence-electron chi connectivity index (χ3n) is 4.62. The van der Waals surface area contributed by atoms with Crippen LogP contribution in [-0.2, 0) is 4.79 Å². The highest BCUT2D eigenvalue weighted by atomic mass is 16.5. The quantitative estimate of drug-likeness (QED) is 0.717. The van der Waals surface area contributed by atoms with E-state index >= 15 is 0 Å². The monoisotopic (exact) mass is 384 g/mol. The van der Waals surface area contributed by atoms with Gasteiger partial charge in [-0.3, -0.25) is 20.4 Å². The van der Waals surface area contributed by atoms with Crippen LogP contribution in [0.1, 0.15) is 42.3 Å². The number of aromatic nitrogens is 1. The number of anilines is 1. The van der Waals surface area contributed by atoms with Gasteiger partial charge in [0.15, 0.2) is 6.10 Å². The molecule has 150 valence electrons. The normalized spacial score (nSPS) is 11.5. The van der Waals surface area contributed by atoms with E-state index in [1.54, 1.807) is 19.1 Å². The zero-order chi connectivity index (χ0) is 20.7. The molecule has 1 aromatic heterocycles. The van der Waals surface area contributed by atoms with Crippen LogP contribution in [0.2, 0.25) is 0 Å². The van der Waals surface area contributed by atoms with E-state index in [-0.39, 0.29) is 0 Å². The van der Waals surface area contributed by atoms with E-state index in [1.807, 2.05) is 45.9 Å². The predicted octanol–water partition coefficient (Wildman–Crippen LogP) is 2.77. The topological polar surface area (TPSA) is 83.6 Å². The second-order valence-electron chi connectivity index (χ2n) is 6.48. The van der Waals surface area contributed by atoms with E-state index in [4.69, 9.17) is 4.74 Å². The van der Waals surface area contributed by atoms with Crippen molar-refractivity contribution in [2.24, 2.45) is 0 Å². The van der Waals surface area contributed by atoms with Crippen LogP contribution in [0.5, 0.6) is 5.75 Å². The van der Waals surface area contributed by atoms with Gasteiger partial charge in [0.25, 0.3) is 11.8 Å². The van der Waals surface area contributed by atoms with Gasteiger partial charge >= 0.3 is 0 Å². The van der Waals surface area contributed by atoms with Crippen molar-refractivity contribution >= 4 is 17.6 Å². The van der Waals surface area contributed by atoms with Gasteiger partial charge in [-0.15, -0.1) is 0 Å². The number of carbonyl (C=O) groups excluding carboxylic acids is 2. The molecule has 2 amide bonds. The van der Waals surface area contributed by atoms with Crippen molar-refractivity contribution in [1.82, 2.24) is 15.8 Å². The fourth-order valence-corrected chi connectivity index (χ4v) is 2.64. The first-order chi connectivity index (χ1) is 13.4. The van der Waals surface area contributed by atoms with Crippen LogP contribution >= 0.6 is 0 Å². The molecule has 0 bridgehead atoms. The minimum absolute atomic E-state index is 0.360. The van der Waals surface area contributed by atoms with E-state index in [0.717, 1.165) is 30.0 Å². The number of amides is 2. The number of carbonyl (C=O) groups is 2. The van der Waals surface area contributed by atoms with Gasteiger partial charge in [0.2, 0.25) is 0 Å². The van der Waals surface area contributed by atoms with Crippen molar-refractivity contribution in [3.63, 3.8) is 0 Å². The maximum absolute atomic E-state index is 12.2. The van der Waals surface area contributed by atoms with Gasteiger partial charge in [-0.2, -0.15) is 0 Å². The molecule has 0 aliphatic heterocycles. The van der Waals surface area contributed by atoms with Crippen LogP contribution in [0.15, 0.2) is 36.5 Å². The smallest absolute Gasteiger partial charge is 0.279 e. The van der Waals surface area contributed by atoms with Crippen LogP contribution in [0, 0.1) is 13.8 Å². The van der Waals surface area contributed by atoms with Crippen molar-refractivity contribution in [3.8, 4) is 5.75 Å². The highest BCUT2D eigenvalue weighted by Gasteiger charge is 2.17. The minimum Gasteiger partial charge on any atom is -0.481 e. The Morgan fingerprint density at radius 3 is 2.43 bits per heavy atom. The second kappa shape index (κ2) is 9.73. The molecule has 28 heavy (non-hydrogen) atoms. The number of nitrogens with one attached hydrogen (secondary N) is 2. The van der Waals surface area contributed by atoms with Crippen LogP contribution in [0.3, 0.4) is 0 Å². The average molecular weight is 384 g/mol. The molecule has 2 N–H and O–H groups in total. The number of hydrazine groups is 1. The first-order valence-corrected chi connectivity index (χ1v) is 9.41. The lowest BCUT2D eigenvalue weighted by Crippen LogP contribution is -2.47. The lowest BCUT2D eigenvalue weighted by Gasteiger charge is -2.19. The number of pyridine rings is 1. The first kappa shape index (κ1) is 21.2. The summed E-state index contributed by atoms with van der Waals surface area (Å²) in [5, 5.41) is 0. The van der Waals surface area contributed by atoms with Gasteiger partial charge < -0.3 is 9.64 Å². The summed E-state index contributed by atoms with van der Waals surface area (Å²) in [5.41, 5.74) is 7.21. The van der Waals surface area contributed by atoms with Crippen molar-refractivity contribution in [1.29, 1.82) is 0 Å². The molecule has 0 aliphatic rings. The minimum atomic E-state index is -0.760. The molecule has 2 rings (SSSR count). The second-order valence-corrected chi connectivity index (χ2v) is 6.48. The van der Waals surface area contributed by atoms with Crippen molar-refractivity contribution in [2.75, 3.05) is 18.0 Å². The number of benzene rings is 1. The van der Waals surface area contributed by atoms with Gasteiger partial charge in [-0.05, 0) is 63.9 Å². The lowest BCUT2D eigenvalue weighted by atomic mass is 10.1. The number of ether oxygens (including phenoxy) is 1. The number of aryl methyl sites for hydroxylation is 1. The number of nitrogens with zero attached hydrogens (tertiary/aromatic N) is 2. The molecule has 1 aromatic carbocycles.